The van der Waals surface area contributed by atoms with Crippen LogP contribution in [-0.4, -0.2) is 41.0 Å². The van der Waals surface area contributed by atoms with Gasteiger partial charge in [0, 0.05) is 13.1 Å². The van der Waals surface area contributed by atoms with E-state index >= 15 is 0 Å². The summed E-state index contributed by atoms with van der Waals surface area (Å²) in [5, 5.41) is 8.53. The van der Waals surface area contributed by atoms with Gasteiger partial charge in [-0.1, -0.05) is 6.92 Å². The predicted molar refractivity (Wildman–Crippen MR) is 55.2 cm³/mol. The van der Waals surface area contributed by atoms with E-state index in [9.17, 15) is 9.59 Å². The van der Waals surface area contributed by atoms with E-state index in [0.29, 0.717) is 19.0 Å². The first-order chi connectivity index (χ1) is 7.00. The van der Waals surface area contributed by atoms with Gasteiger partial charge in [0.05, 0.1) is 12.5 Å². The van der Waals surface area contributed by atoms with Crippen LogP contribution >= 0.6 is 0 Å². The first kappa shape index (κ1) is 12.0. The lowest BCUT2D eigenvalue weighted by molar-refractivity contribution is -0.142. The fourth-order valence-corrected chi connectivity index (χ4v) is 1.90. The van der Waals surface area contributed by atoms with Gasteiger partial charge < -0.3 is 15.7 Å². The summed E-state index contributed by atoms with van der Waals surface area (Å²) in [7, 11) is 0. The van der Waals surface area contributed by atoms with E-state index < -0.39 is 12.0 Å². The quantitative estimate of drug-likeness (QED) is 0.695. The Morgan fingerprint density at radius 3 is 2.80 bits per heavy atom. The highest BCUT2D eigenvalue weighted by atomic mass is 16.4. The third-order valence-electron chi connectivity index (χ3n) is 2.68. The van der Waals surface area contributed by atoms with Gasteiger partial charge in [-0.05, 0) is 18.8 Å². The highest BCUT2D eigenvalue weighted by molar-refractivity contribution is 5.86. The molecular weight excluding hydrogens is 196 g/mol. The van der Waals surface area contributed by atoms with Crippen LogP contribution in [0.15, 0.2) is 0 Å². The van der Waals surface area contributed by atoms with Gasteiger partial charge in [-0.3, -0.25) is 9.59 Å². The van der Waals surface area contributed by atoms with Crippen molar-refractivity contribution in [3.05, 3.63) is 0 Å². The van der Waals surface area contributed by atoms with E-state index in [2.05, 4.69) is 6.92 Å². The van der Waals surface area contributed by atoms with Gasteiger partial charge in [0.15, 0.2) is 0 Å². The Bertz CT molecular complexity index is 255. The molecule has 0 aliphatic carbocycles. The molecule has 86 valence electrons. The van der Waals surface area contributed by atoms with Crippen molar-refractivity contribution >= 4 is 11.9 Å². The van der Waals surface area contributed by atoms with Gasteiger partial charge in [-0.25, -0.2) is 0 Å². The second-order valence-electron chi connectivity index (χ2n) is 4.24. The first-order valence-electron chi connectivity index (χ1n) is 5.27. The Balaban J connectivity index is 2.47. The molecule has 5 heteroatoms. The first-order valence-corrected chi connectivity index (χ1v) is 5.27. The summed E-state index contributed by atoms with van der Waals surface area (Å²) in [6.45, 7) is 3.49. The zero-order chi connectivity index (χ0) is 11.4. The number of nitrogens with two attached hydrogens (primary N) is 1. The highest BCUT2D eigenvalue weighted by Gasteiger charge is 2.26. The molecule has 1 aliphatic rings. The standard InChI is InChI=1S/C10H18N2O3/c1-7-3-2-4-12(6-7)10(15)8(11)5-9(13)14/h7-8H,2-6,11H2,1H3,(H,13,14). The molecule has 0 aromatic rings. The number of likely N-dealkylation sites (tertiary alicyclic amines) is 1. The average Bonchev–Trinajstić information content (AvgIpc) is 2.15. The summed E-state index contributed by atoms with van der Waals surface area (Å²) in [5.41, 5.74) is 5.52. The number of hydrogen-bond acceptors (Lipinski definition) is 3. The second-order valence-corrected chi connectivity index (χ2v) is 4.24. The molecule has 1 amide bonds. The fourth-order valence-electron chi connectivity index (χ4n) is 1.90. The van der Waals surface area contributed by atoms with Crippen molar-refractivity contribution in [2.45, 2.75) is 32.2 Å². The van der Waals surface area contributed by atoms with Crippen LogP contribution in [0.4, 0.5) is 0 Å². The van der Waals surface area contributed by atoms with Crippen molar-refractivity contribution in [3.8, 4) is 0 Å². The Kier molecular flexibility index (Phi) is 4.08. The van der Waals surface area contributed by atoms with Crippen molar-refractivity contribution in [1.82, 2.24) is 4.90 Å². The fraction of sp³-hybridized carbons (Fsp3) is 0.800. The largest absolute Gasteiger partial charge is 0.481 e. The molecule has 5 nitrogen and oxygen atoms in total. The Morgan fingerprint density at radius 1 is 1.60 bits per heavy atom. The number of carbonyl (C=O) groups is 2. The van der Waals surface area contributed by atoms with Crippen LogP contribution in [0.3, 0.4) is 0 Å². The van der Waals surface area contributed by atoms with Crippen LogP contribution < -0.4 is 5.73 Å². The summed E-state index contributed by atoms with van der Waals surface area (Å²) in [6, 6.07) is -0.896. The molecule has 1 saturated heterocycles. The Labute approximate surface area is 89.2 Å². The van der Waals surface area contributed by atoms with Gasteiger partial charge in [0.2, 0.25) is 5.91 Å². The summed E-state index contributed by atoms with van der Waals surface area (Å²) in [5.74, 6) is -0.774. The van der Waals surface area contributed by atoms with Crippen LogP contribution in [0.1, 0.15) is 26.2 Å². The Morgan fingerprint density at radius 2 is 2.27 bits per heavy atom. The molecule has 0 radical (unpaired) electrons. The van der Waals surface area contributed by atoms with Gasteiger partial charge in [0.1, 0.15) is 0 Å². The molecule has 0 spiro atoms. The maximum atomic E-state index is 11.7. The van der Waals surface area contributed by atoms with Crippen molar-refractivity contribution in [2.75, 3.05) is 13.1 Å². The molecule has 0 bridgehead atoms. The van der Waals surface area contributed by atoms with E-state index in [4.69, 9.17) is 10.8 Å². The smallest absolute Gasteiger partial charge is 0.305 e. The Hall–Kier alpha value is -1.10. The third kappa shape index (κ3) is 3.51. The number of amides is 1. The van der Waals surface area contributed by atoms with Crippen molar-refractivity contribution < 1.29 is 14.7 Å². The lowest BCUT2D eigenvalue weighted by atomic mass is 9.99. The second kappa shape index (κ2) is 5.11. The number of carboxylic acid groups (broad SMARTS) is 1. The third-order valence-corrected chi connectivity index (χ3v) is 2.68. The van der Waals surface area contributed by atoms with Gasteiger partial charge in [-0.15, -0.1) is 0 Å². The van der Waals surface area contributed by atoms with Gasteiger partial charge in [0.25, 0.3) is 0 Å². The van der Waals surface area contributed by atoms with E-state index in [-0.39, 0.29) is 12.3 Å². The maximum Gasteiger partial charge on any atom is 0.305 e. The predicted octanol–water partition coefficient (Wildman–Crippen LogP) is 0.0469. The molecule has 3 N–H and O–H groups in total. The van der Waals surface area contributed by atoms with Gasteiger partial charge in [-0.2, -0.15) is 0 Å². The molecule has 0 aromatic carbocycles. The molecule has 1 aliphatic heterocycles. The molecule has 1 fully saturated rings. The number of rotatable bonds is 3. The SMILES string of the molecule is CC1CCCN(C(=O)C(N)CC(=O)O)C1. The van der Waals surface area contributed by atoms with Crippen molar-refractivity contribution in [1.29, 1.82) is 0 Å². The molecular formula is C10H18N2O3. The zero-order valence-corrected chi connectivity index (χ0v) is 8.98. The van der Waals surface area contributed by atoms with Crippen LogP contribution in [-0.2, 0) is 9.59 Å². The van der Waals surface area contributed by atoms with E-state index in [1.54, 1.807) is 4.90 Å². The summed E-state index contributed by atoms with van der Waals surface area (Å²) < 4.78 is 0. The normalized spacial score (nSPS) is 23.6. The molecule has 0 saturated carbocycles. The summed E-state index contributed by atoms with van der Waals surface area (Å²) in [4.78, 5) is 23.8. The number of nitrogens with zero attached hydrogens (tertiary/aromatic N) is 1. The van der Waals surface area contributed by atoms with Crippen LogP contribution in [0.2, 0.25) is 0 Å². The van der Waals surface area contributed by atoms with Crippen LogP contribution in [0, 0.1) is 5.92 Å². The lowest BCUT2D eigenvalue weighted by Crippen LogP contribution is -2.48. The van der Waals surface area contributed by atoms with E-state index in [0.717, 1.165) is 12.8 Å². The molecule has 2 atom stereocenters. The molecule has 15 heavy (non-hydrogen) atoms. The topological polar surface area (TPSA) is 83.6 Å². The summed E-state index contributed by atoms with van der Waals surface area (Å²) >= 11 is 0. The van der Waals surface area contributed by atoms with Crippen LogP contribution in [0.5, 0.6) is 0 Å². The minimum Gasteiger partial charge on any atom is -0.481 e. The number of aliphatic carboxylic acids is 1. The van der Waals surface area contributed by atoms with Crippen molar-refractivity contribution in [2.24, 2.45) is 11.7 Å². The number of hydrogen-bond donors (Lipinski definition) is 2. The van der Waals surface area contributed by atoms with Gasteiger partial charge >= 0.3 is 5.97 Å². The molecule has 1 heterocycles. The molecule has 2 unspecified atom stereocenters. The van der Waals surface area contributed by atoms with Crippen molar-refractivity contribution in [3.63, 3.8) is 0 Å². The lowest BCUT2D eigenvalue weighted by Gasteiger charge is -2.32. The molecule has 1 rings (SSSR count). The number of carboxylic acids is 1. The minimum atomic E-state index is -1.03. The summed E-state index contributed by atoms with van der Waals surface area (Å²) in [6.07, 6.45) is 1.81. The zero-order valence-electron chi connectivity index (χ0n) is 8.98. The maximum absolute atomic E-state index is 11.7. The van der Waals surface area contributed by atoms with E-state index in [1.807, 2.05) is 0 Å². The van der Waals surface area contributed by atoms with E-state index in [1.165, 1.54) is 0 Å². The average molecular weight is 214 g/mol. The highest BCUT2D eigenvalue weighted by Crippen LogP contribution is 2.16. The monoisotopic (exact) mass is 214 g/mol. The number of piperidine rings is 1. The minimum absolute atomic E-state index is 0.232. The van der Waals surface area contributed by atoms with Crippen LogP contribution in [0.25, 0.3) is 0 Å². The molecule has 0 aromatic heterocycles. The number of carbonyl (C=O) groups excluding carboxylic acids is 1.